The zero-order valence-electron chi connectivity index (χ0n) is 10.6. The molecule has 1 N–H and O–H groups in total. The van der Waals surface area contributed by atoms with Crippen LogP contribution in [0.25, 0.3) is 0 Å². The zero-order chi connectivity index (χ0) is 13.1. The monoisotopic (exact) mass is 249 g/mol. The van der Waals surface area contributed by atoms with Gasteiger partial charge in [-0.1, -0.05) is 30.3 Å². The summed E-state index contributed by atoms with van der Waals surface area (Å²) >= 11 is 0. The summed E-state index contributed by atoms with van der Waals surface area (Å²) in [4.78, 5) is 4.24. The predicted molar refractivity (Wildman–Crippen MR) is 74.8 cm³/mol. The average molecular weight is 249 g/mol. The van der Waals surface area contributed by atoms with Crippen LogP contribution in [0, 0.1) is 11.3 Å². The van der Waals surface area contributed by atoms with Gasteiger partial charge in [-0.25, -0.2) is 4.98 Å². The Labute approximate surface area is 112 Å². The highest BCUT2D eigenvalue weighted by atomic mass is 15.0. The maximum absolute atomic E-state index is 8.74. The number of nitrogens with zero attached hydrogens (tertiary/aromatic N) is 2. The molecule has 0 radical (unpaired) electrons. The number of rotatable bonds is 4. The lowest BCUT2D eigenvalue weighted by Crippen LogP contribution is -2.19. The van der Waals surface area contributed by atoms with Crippen LogP contribution >= 0.6 is 0 Å². The van der Waals surface area contributed by atoms with Crippen LogP contribution in [0.15, 0.2) is 48.7 Å². The second kappa shape index (κ2) is 4.74. The van der Waals surface area contributed by atoms with Gasteiger partial charge in [0.15, 0.2) is 0 Å². The van der Waals surface area contributed by atoms with Gasteiger partial charge in [-0.3, -0.25) is 0 Å². The average Bonchev–Trinajstić information content (AvgIpc) is 3.28. The van der Waals surface area contributed by atoms with Gasteiger partial charge < -0.3 is 5.32 Å². The van der Waals surface area contributed by atoms with Crippen LogP contribution in [0.2, 0.25) is 0 Å². The van der Waals surface area contributed by atoms with Crippen molar-refractivity contribution in [3.63, 3.8) is 0 Å². The van der Waals surface area contributed by atoms with Crippen molar-refractivity contribution in [1.29, 1.82) is 5.26 Å². The molecule has 94 valence electrons. The minimum absolute atomic E-state index is 0.275. The molecule has 1 aromatic carbocycles. The van der Waals surface area contributed by atoms with Crippen LogP contribution in [0.3, 0.4) is 0 Å². The lowest BCUT2D eigenvalue weighted by Gasteiger charge is -2.16. The first-order chi connectivity index (χ1) is 9.32. The first-order valence-corrected chi connectivity index (χ1v) is 6.48. The molecular weight excluding hydrogens is 234 g/mol. The molecule has 1 aliphatic carbocycles. The van der Waals surface area contributed by atoms with Gasteiger partial charge in [0.2, 0.25) is 0 Å². The summed E-state index contributed by atoms with van der Waals surface area (Å²) < 4.78 is 0. The summed E-state index contributed by atoms with van der Waals surface area (Å²) in [5.74, 6) is 0.834. The maximum atomic E-state index is 8.74. The lowest BCUT2D eigenvalue weighted by molar-refractivity contribution is 0.730. The number of hydrogen-bond acceptors (Lipinski definition) is 3. The van der Waals surface area contributed by atoms with Gasteiger partial charge in [-0.2, -0.15) is 5.26 Å². The van der Waals surface area contributed by atoms with Crippen molar-refractivity contribution in [2.75, 3.05) is 11.9 Å². The summed E-state index contributed by atoms with van der Waals surface area (Å²) in [6.45, 7) is 0.899. The topological polar surface area (TPSA) is 48.7 Å². The molecule has 3 heteroatoms. The Bertz CT molecular complexity index is 592. The highest BCUT2D eigenvalue weighted by Crippen LogP contribution is 2.47. The van der Waals surface area contributed by atoms with Crippen LogP contribution in [-0.4, -0.2) is 11.5 Å². The van der Waals surface area contributed by atoms with E-state index in [-0.39, 0.29) is 5.41 Å². The molecule has 1 aromatic heterocycles. The standard InChI is InChI=1S/C16H15N3/c17-10-13-6-7-15(18-11-13)19-12-16(8-9-16)14-4-2-1-3-5-14/h1-7,11H,8-9,12H2,(H,18,19). The molecule has 1 heterocycles. The molecule has 3 nitrogen and oxygen atoms in total. The first kappa shape index (κ1) is 11.7. The van der Waals surface area contributed by atoms with Crippen LogP contribution in [0.4, 0.5) is 5.82 Å². The van der Waals surface area contributed by atoms with E-state index in [4.69, 9.17) is 5.26 Å². The van der Waals surface area contributed by atoms with Gasteiger partial charge in [0, 0.05) is 18.2 Å². The maximum Gasteiger partial charge on any atom is 0.125 e. The van der Waals surface area contributed by atoms with Crippen molar-refractivity contribution in [1.82, 2.24) is 4.98 Å². The van der Waals surface area contributed by atoms with E-state index in [9.17, 15) is 0 Å². The van der Waals surface area contributed by atoms with Gasteiger partial charge in [-0.05, 0) is 30.5 Å². The molecule has 0 unspecified atom stereocenters. The zero-order valence-corrected chi connectivity index (χ0v) is 10.6. The van der Waals surface area contributed by atoms with E-state index in [1.807, 2.05) is 6.07 Å². The fourth-order valence-corrected chi connectivity index (χ4v) is 2.33. The molecular formula is C16H15N3. The van der Waals surface area contributed by atoms with Gasteiger partial charge in [0.25, 0.3) is 0 Å². The number of nitriles is 1. The molecule has 0 spiro atoms. The highest BCUT2D eigenvalue weighted by Gasteiger charge is 2.43. The lowest BCUT2D eigenvalue weighted by atomic mass is 9.96. The SMILES string of the molecule is N#Cc1ccc(NCC2(c3ccccc3)CC2)nc1. The molecule has 0 saturated heterocycles. The quantitative estimate of drug-likeness (QED) is 0.905. The summed E-state index contributed by atoms with van der Waals surface area (Å²) in [7, 11) is 0. The number of hydrogen-bond donors (Lipinski definition) is 1. The third-order valence-corrected chi connectivity index (χ3v) is 3.74. The van der Waals surface area contributed by atoms with Crippen molar-refractivity contribution in [3.05, 3.63) is 59.8 Å². The van der Waals surface area contributed by atoms with E-state index in [0.29, 0.717) is 5.56 Å². The Morgan fingerprint density at radius 3 is 2.53 bits per heavy atom. The normalized spacial score (nSPS) is 15.5. The van der Waals surface area contributed by atoms with Crippen LogP contribution < -0.4 is 5.32 Å². The summed E-state index contributed by atoms with van der Waals surface area (Å²) in [5, 5.41) is 12.1. The molecule has 1 fully saturated rings. The Kier molecular flexibility index (Phi) is 2.92. The largest absolute Gasteiger partial charge is 0.369 e. The van der Waals surface area contributed by atoms with Gasteiger partial charge >= 0.3 is 0 Å². The molecule has 0 aliphatic heterocycles. The molecule has 19 heavy (non-hydrogen) atoms. The third kappa shape index (κ3) is 2.43. The second-order valence-corrected chi connectivity index (χ2v) is 5.04. The fourth-order valence-electron chi connectivity index (χ4n) is 2.33. The fraction of sp³-hybridized carbons (Fsp3) is 0.250. The van der Waals surface area contributed by atoms with Crippen molar-refractivity contribution >= 4 is 5.82 Å². The molecule has 2 aromatic rings. The van der Waals surface area contributed by atoms with Crippen molar-refractivity contribution in [2.24, 2.45) is 0 Å². The third-order valence-electron chi connectivity index (χ3n) is 3.74. The van der Waals surface area contributed by atoms with Crippen LogP contribution in [-0.2, 0) is 5.41 Å². The molecule has 1 saturated carbocycles. The number of benzene rings is 1. The number of anilines is 1. The molecule has 1 aliphatic rings. The van der Waals surface area contributed by atoms with Gasteiger partial charge in [-0.15, -0.1) is 0 Å². The second-order valence-electron chi connectivity index (χ2n) is 5.04. The van der Waals surface area contributed by atoms with Crippen LogP contribution in [0.5, 0.6) is 0 Å². The first-order valence-electron chi connectivity index (χ1n) is 6.48. The Morgan fingerprint density at radius 2 is 1.95 bits per heavy atom. The van der Waals surface area contributed by atoms with Gasteiger partial charge in [0.1, 0.15) is 11.9 Å². The summed E-state index contributed by atoms with van der Waals surface area (Å²) in [6.07, 6.45) is 4.05. The summed E-state index contributed by atoms with van der Waals surface area (Å²) in [6, 6.07) is 16.4. The smallest absolute Gasteiger partial charge is 0.125 e. The number of aromatic nitrogens is 1. The summed E-state index contributed by atoms with van der Waals surface area (Å²) in [5.41, 5.74) is 2.27. The predicted octanol–water partition coefficient (Wildman–Crippen LogP) is 3.10. The van der Waals surface area contributed by atoms with E-state index in [1.165, 1.54) is 18.4 Å². The van der Waals surface area contributed by atoms with Crippen molar-refractivity contribution < 1.29 is 0 Å². The number of nitrogens with one attached hydrogen (secondary N) is 1. The van der Waals surface area contributed by atoms with Crippen molar-refractivity contribution in [3.8, 4) is 6.07 Å². The Hall–Kier alpha value is -2.34. The highest BCUT2D eigenvalue weighted by molar-refractivity contribution is 5.42. The van der Waals surface area contributed by atoms with Gasteiger partial charge in [0.05, 0.1) is 5.56 Å². The number of pyridine rings is 1. The van der Waals surface area contributed by atoms with E-state index in [0.717, 1.165) is 12.4 Å². The molecule has 3 rings (SSSR count). The Morgan fingerprint density at radius 1 is 1.16 bits per heavy atom. The van der Waals surface area contributed by atoms with E-state index >= 15 is 0 Å². The van der Waals surface area contributed by atoms with Crippen LogP contribution in [0.1, 0.15) is 24.0 Å². The van der Waals surface area contributed by atoms with E-state index in [2.05, 4.69) is 46.7 Å². The van der Waals surface area contributed by atoms with E-state index < -0.39 is 0 Å². The van der Waals surface area contributed by atoms with Crippen molar-refractivity contribution in [2.45, 2.75) is 18.3 Å². The minimum atomic E-state index is 0.275. The minimum Gasteiger partial charge on any atom is -0.369 e. The van der Waals surface area contributed by atoms with E-state index in [1.54, 1.807) is 12.3 Å². The molecule has 0 bridgehead atoms. The molecule has 0 atom stereocenters. The Balaban J connectivity index is 1.68. The molecule has 0 amide bonds.